The average Bonchev–Trinajstić information content (AvgIpc) is 2.94. The number of carbonyl (C=O) groups excluding carboxylic acids is 3. The van der Waals surface area contributed by atoms with Crippen molar-refractivity contribution in [1.82, 2.24) is 10.2 Å². The summed E-state index contributed by atoms with van der Waals surface area (Å²) in [5.74, 6) is -0.645. The third kappa shape index (κ3) is 8.73. The Bertz CT molecular complexity index is 1430. The number of hydrogen-bond acceptors (Lipinski definition) is 7. The molecule has 220 valence electrons. The van der Waals surface area contributed by atoms with Gasteiger partial charge in [-0.25, -0.2) is 4.79 Å². The van der Waals surface area contributed by atoms with Crippen LogP contribution in [0.1, 0.15) is 43.5 Å². The van der Waals surface area contributed by atoms with E-state index in [9.17, 15) is 24.8 Å². The van der Waals surface area contributed by atoms with Crippen LogP contribution < -0.4 is 15.4 Å². The first-order valence-electron chi connectivity index (χ1n) is 13.4. The fourth-order valence-electron chi connectivity index (χ4n) is 4.28. The van der Waals surface area contributed by atoms with Crippen LogP contribution in [0.2, 0.25) is 0 Å². The lowest BCUT2D eigenvalue weighted by molar-refractivity contribution is -0.140. The zero-order valence-corrected chi connectivity index (χ0v) is 24.4. The van der Waals surface area contributed by atoms with Crippen molar-refractivity contribution in [2.75, 3.05) is 19.0 Å². The average molecular weight is 573 g/mol. The Morgan fingerprint density at radius 1 is 1.02 bits per heavy atom. The van der Waals surface area contributed by atoms with Crippen molar-refractivity contribution in [1.29, 1.82) is 5.26 Å². The van der Waals surface area contributed by atoms with Gasteiger partial charge in [0.25, 0.3) is 5.91 Å². The van der Waals surface area contributed by atoms with Crippen LogP contribution in [0.5, 0.6) is 11.5 Å². The van der Waals surface area contributed by atoms with Crippen LogP contribution in [0.3, 0.4) is 0 Å². The van der Waals surface area contributed by atoms with Gasteiger partial charge in [-0.15, -0.1) is 0 Å². The van der Waals surface area contributed by atoms with Crippen molar-refractivity contribution in [3.63, 3.8) is 0 Å². The standard InChI is InChI=1S/C32H36N4O6/c1-21-19-23(11-16-27(21)37)28(29(38)34-24-12-14-25(41-5)15-13-24)36(18-17-33)30(39)26(20-22-9-7-6-8-10-22)35-31(40)42-32(2,3)4/h6-16,19,26,28,37H,18,20H2,1-5H3,(H,34,38)(H,35,40). The first-order chi connectivity index (χ1) is 19.9. The maximum absolute atomic E-state index is 14.2. The van der Waals surface area contributed by atoms with Crippen molar-refractivity contribution in [2.45, 2.75) is 51.8 Å². The van der Waals surface area contributed by atoms with Gasteiger partial charge >= 0.3 is 6.09 Å². The Labute approximate surface area is 245 Å². The van der Waals surface area contributed by atoms with Gasteiger partial charge in [0, 0.05) is 12.1 Å². The van der Waals surface area contributed by atoms with E-state index >= 15 is 0 Å². The van der Waals surface area contributed by atoms with Gasteiger partial charge in [-0.3, -0.25) is 9.59 Å². The minimum atomic E-state index is -1.28. The number of aromatic hydroxyl groups is 1. The molecule has 0 aliphatic heterocycles. The normalized spacial score (nSPS) is 12.3. The molecule has 42 heavy (non-hydrogen) atoms. The van der Waals surface area contributed by atoms with E-state index in [0.29, 0.717) is 22.6 Å². The Morgan fingerprint density at radius 2 is 1.69 bits per heavy atom. The van der Waals surface area contributed by atoms with Crippen molar-refractivity contribution < 1.29 is 29.0 Å². The van der Waals surface area contributed by atoms with Crippen molar-refractivity contribution >= 4 is 23.6 Å². The van der Waals surface area contributed by atoms with Gasteiger partial charge in [-0.2, -0.15) is 5.26 Å². The van der Waals surface area contributed by atoms with E-state index < -0.39 is 42.1 Å². The molecular formula is C32H36N4O6. The first kappa shape index (κ1) is 31.5. The van der Waals surface area contributed by atoms with E-state index in [0.717, 1.165) is 10.5 Å². The lowest BCUT2D eigenvalue weighted by Crippen LogP contribution is -2.53. The summed E-state index contributed by atoms with van der Waals surface area (Å²) in [7, 11) is 1.53. The number of rotatable bonds is 10. The number of nitrogens with one attached hydrogen (secondary N) is 2. The molecule has 0 heterocycles. The third-order valence-corrected chi connectivity index (χ3v) is 6.25. The largest absolute Gasteiger partial charge is 0.508 e. The maximum atomic E-state index is 14.2. The van der Waals surface area contributed by atoms with E-state index in [-0.39, 0.29) is 12.2 Å². The highest BCUT2D eigenvalue weighted by Crippen LogP contribution is 2.29. The van der Waals surface area contributed by atoms with Crippen LogP contribution in [-0.4, -0.2) is 53.2 Å². The Hall–Kier alpha value is -5.04. The van der Waals surface area contributed by atoms with Gasteiger partial charge in [0.05, 0.1) is 13.2 Å². The van der Waals surface area contributed by atoms with Crippen LogP contribution in [0.25, 0.3) is 0 Å². The fraction of sp³-hybridized carbons (Fsp3) is 0.312. The number of ether oxygens (including phenoxy) is 2. The molecule has 3 rings (SSSR count). The second-order valence-electron chi connectivity index (χ2n) is 10.7. The number of hydrogen-bond donors (Lipinski definition) is 3. The van der Waals surface area contributed by atoms with Crippen LogP contribution >= 0.6 is 0 Å². The number of benzene rings is 3. The van der Waals surface area contributed by atoms with Gasteiger partial charge in [0.15, 0.2) is 0 Å². The Kier molecular flexibility index (Phi) is 10.5. The molecule has 2 atom stereocenters. The molecule has 10 heteroatoms. The van der Waals surface area contributed by atoms with Gasteiger partial charge in [0.1, 0.15) is 35.7 Å². The highest BCUT2D eigenvalue weighted by molar-refractivity contribution is 5.99. The second-order valence-corrected chi connectivity index (χ2v) is 10.7. The number of methoxy groups -OCH3 is 1. The minimum absolute atomic E-state index is 0.0137. The predicted octanol–water partition coefficient (Wildman–Crippen LogP) is 4.88. The summed E-state index contributed by atoms with van der Waals surface area (Å²) in [5, 5.41) is 25.4. The highest BCUT2D eigenvalue weighted by atomic mass is 16.6. The summed E-state index contributed by atoms with van der Waals surface area (Å²) in [6, 6.07) is 19.8. The molecule has 0 aliphatic carbocycles. The Balaban J connectivity index is 2.05. The zero-order valence-electron chi connectivity index (χ0n) is 24.4. The molecular weight excluding hydrogens is 536 g/mol. The lowest BCUT2D eigenvalue weighted by Gasteiger charge is -2.33. The van der Waals surface area contributed by atoms with Crippen LogP contribution in [0.4, 0.5) is 10.5 Å². The van der Waals surface area contributed by atoms with Crippen molar-refractivity contribution in [3.05, 3.63) is 89.5 Å². The number of amides is 3. The molecule has 0 bridgehead atoms. The number of nitriles is 1. The molecule has 0 saturated heterocycles. The fourth-order valence-corrected chi connectivity index (χ4v) is 4.28. The molecule has 3 amide bonds. The molecule has 3 N–H and O–H groups in total. The Morgan fingerprint density at radius 3 is 2.26 bits per heavy atom. The van der Waals surface area contributed by atoms with Crippen LogP contribution in [0.15, 0.2) is 72.8 Å². The molecule has 0 radical (unpaired) electrons. The summed E-state index contributed by atoms with van der Waals surface area (Å²) < 4.78 is 10.6. The summed E-state index contributed by atoms with van der Waals surface area (Å²) in [5.41, 5.74) is 1.23. The molecule has 10 nitrogen and oxygen atoms in total. The quantitative estimate of drug-likeness (QED) is 0.294. The van der Waals surface area contributed by atoms with Gasteiger partial charge in [-0.05, 0) is 80.8 Å². The van der Waals surface area contributed by atoms with E-state index in [1.165, 1.54) is 19.2 Å². The van der Waals surface area contributed by atoms with Gasteiger partial charge in [0.2, 0.25) is 5.91 Å². The van der Waals surface area contributed by atoms with Gasteiger partial charge < -0.3 is 30.1 Å². The van der Waals surface area contributed by atoms with E-state index in [4.69, 9.17) is 9.47 Å². The minimum Gasteiger partial charge on any atom is -0.508 e. The summed E-state index contributed by atoms with van der Waals surface area (Å²) in [4.78, 5) is 42.0. The molecule has 0 aliphatic rings. The van der Waals surface area contributed by atoms with Gasteiger partial charge in [-0.1, -0.05) is 36.4 Å². The van der Waals surface area contributed by atoms with E-state index in [1.807, 2.05) is 36.4 Å². The smallest absolute Gasteiger partial charge is 0.408 e. The molecule has 0 fully saturated rings. The summed E-state index contributed by atoms with van der Waals surface area (Å²) in [6.07, 6.45) is -0.726. The number of phenolic OH excluding ortho intramolecular Hbond substituents is 1. The van der Waals surface area contributed by atoms with Crippen LogP contribution in [-0.2, 0) is 20.7 Å². The molecule has 0 saturated carbocycles. The van der Waals surface area contributed by atoms with Crippen LogP contribution in [0, 0.1) is 18.3 Å². The van der Waals surface area contributed by atoms with Crippen molar-refractivity contribution in [3.8, 4) is 17.6 Å². The second kappa shape index (κ2) is 14.0. The third-order valence-electron chi connectivity index (χ3n) is 6.25. The monoisotopic (exact) mass is 572 g/mol. The topological polar surface area (TPSA) is 141 Å². The first-order valence-corrected chi connectivity index (χ1v) is 13.4. The number of phenols is 1. The van der Waals surface area contributed by atoms with Crippen molar-refractivity contribution in [2.24, 2.45) is 0 Å². The van der Waals surface area contributed by atoms with E-state index in [1.54, 1.807) is 58.0 Å². The number of carbonyl (C=O) groups is 3. The van der Waals surface area contributed by atoms with E-state index in [2.05, 4.69) is 10.6 Å². The lowest BCUT2D eigenvalue weighted by atomic mass is 9.98. The SMILES string of the molecule is COc1ccc(NC(=O)C(c2ccc(O)c(C)c2)N(CC#N)C(=O)C(Cc2ccccc2)NC(=O)OC(C)(C)C)cc1. The molecule has 3 aromatic rings. The predicted molar refractivity (Wildman–Crippen MR) is 158 cm³/mol. The highest BCUT2D eigenvalue weighted by Gasteiger charge is 2.36. The zero-order chi connectivity index (χ0) is 30.9. The maximum Gasteiger partial charge on any atom is 0.408 e. The summed E-state index contributed by atoms with van der Waals surface area (Å²) in [6.45, 7) is 6.32. The summed E-state index contributed by atoms with van der Waals surface area (Å²) >= 11 is 0. The molecule has 0 spiro atoms. The molecule has 3 aromatic carbocycles. The molecule has 0 aromatic heterocycles. The number of anilines is 1. The number of aryl methyl sites for hydroxylation is 1. The number of alkyl carbamates (subject to hydrolysis) is 1. The number of nitrogens with zero attached hydrogens (tertiary/aromatic N) is 2. The molecule has 2 unspecified atom stereocenters.